The van der Waals surface area contributed by atoms with Crippen molar-refractivity contribution in [3.05, 3.63) is 39.6 Å². The first-order valence-electron chi connectivity index (χ1n) is 5.45. The Morgan fingerprint density at radius 3 is 2.44 bits per heavy atom. The van der Waals surface area contributed by atoms with Crippen LogP contribution in [0.15, 0.2) is 30.5 Å². The standard InChI is InChI=1S/C13H15IN2/c1-9(2)7-10-3-5-11(6-4-10)13-12(14)8-15-16-13/h3-6,8-9H,7H2,1-2H3,(H,15,16). The van der Waals surface area contributed by atoms with Crippen molar-refractivity contribution in [2.75, 3.05) is 0 Å². The quantitative estimate of drug-likeness (QED) is 0.852. The predicted molar refractivity (Wildman–Crippen MR) is 75.3 cm³/mol. The maximum Gasteiger partial charge on any atom is 0.0783 e. The fourth-order valence-electron chi connectivity index (χ4n) is 1.75. The van der Waals surface area contributed by atoms with E-state index in [1.54, 1.807) is 0 Å². The van der Waals surface area contributed by atoms with E-state index in [-0.39, 0.29) is 0 Å². The number of nitrogens with zero attached hydrogens (tertiary/aromatic N) is 1. The van der Waals surface area contributed by atoms with Gasteiger partial charge >= 0.3 is 0 Å². The molecule has 0 atom stereocenters. The van der Waals surface area contributed by atoms with Crippen molar-refractivity contribution in [3.63, 3.8) is 0 Å². The molecule has 0 amide bonds. The summed E-state index contributed by atoms with van der Waals surface area (Å²) in [6, 6.07) is 8.72. The number of hydrogen-bond acceptors (Lipinski definition) is 1. The van der Waals surface area contributed by atoms with Gasteiger partial charge in [-0.25, -0.2) is 0 Å². The second-order valence-corrected chi connectivity index (χ2v) is 5.55. The summed E-state index contributed by atoms with van der Waals surface area (Å²) < 4.78 is 1.16. The van der Waals surface area contributed by atoms with Gasteiger partial charge in [0, 0.05) is 5.56 Å². The van der Waals surface area contributed by atoms with Crippen LogP contribution in [0.3, 0.4) is 0 Å². The lowest BCUT2D eigenvalue weighted by atomic mass is 10.0. The zero-order valence-electron chi connectivity index (χ0n) is 9.50. The Bertz CT molecular complexity index is 457. The highest BCUT2D eigenvalue weighted by molar-refractivity contribution is 14.1. The Kier molecular flexibility index (Phi) is 3.63. The van der Waals surface area contributed by atoms with Gasteiger partial charge in [0.25, 0.3) is 0 Å². The van der Waals surface area contributed by atoms with E-state index in [4.69, 9.17) is 0 Å². The van der Waals surface area contributed by atoms with Gasteiger partial charge in [-0.2, -0.15) is 5.10 Å². The van der Waals surface area contributed by atoms with Crippen LogP contribution in [-0.4, -0.2) is 10.2 Å². The van der Waals surface area contributed by atoms with Gasteiger partial charge in [0.1, 0.15) is 0 Å². The number of nitrogens with one attached hydrogen (secondary N) is 1. The van der Waals surface area contributed by atoms with Gasteiger partial charge in [-0.1, -0.05) is 38.1 Å². The molecule has 0 fully saturated rings. The highest BCUT2D eigenvalue weighted by Crippen LogP contribution is 2.23. The third kappa shape index (κ3) is 2.64. The monoisotopic (exact) mass is 326 g/mol. The Morgan fingerprint density at radius 1 is 1.25 bits per heavy atom. The van der Waals surface area contributed by atoms with Crippen LogP contribution in [0.4, 0.5) is 0 Å². The van der Waals surface area contributed by atoms with E-state index in [0.29, 0.717) is 5.92 Å². The van der Waals surface area contributed by atoms with Gasteiger partial charge in [0.2, 0.25) is 0 Å². The molecule has 0 aliphatic heterocycles. The highest BCUT2D eigenvalue weighted by atomic mass is 127. The molecule has 2 nitrogen and oxygen atoms in total. The van der Waals surface area contributed by atoms with Crippen LogP contribution in [-0.2, 0) is 6.42 Å². The van der Waals surface area contributed by atoms with E-state index in [9.17, 15) is 0 Å². The van der Waals surface area contributed by atoms with Crippen LogP contribution >= 0.6 is 22.6 Å². The van der Waals surface area contributed by atoms with E-state index in [2.05, 4.69) is 70.9 Å². The van der Waals surface area contributed by atoms with Crippen molar-refractivity contribution in [1.29, 1.82) is 0 Å². The summed E-state index contributed by atoms with van der Waals surface area (Å²) in [5.41, 5.74) is 3.71. The van der Waals surface area contributed by atoms with Crippen molar-refractivity contribution in [2.24, 2.45) is 5.92 Å². The van der Waals surface area contributed by atoms with E-state index in [1.165, 1.54) is 11.1 Å². The maximum atomic E-state index is 4.04. The molecule has 0 saturated heterocycles. The van der Waals surface area contributed by atoms with Crippen molar-refractivity contribution in [2.45, 2.75) is 20.3 Å². The first-order valence-corrected chi connectivity index (χ1v) is 6.53. The van der Waals surface area contributed by atoms with Gasteiger partial charge in [0.15, 0.2) is 0 Å². The first-order chi connectivity index (χ1) is 7.66. The molecule has 3 heteroatoms. The Balaban J connectivity index is 2.23. The van der Waals surface area contributed by atoms with Gasteiger partial charge in [-0.3, -0.25) is 5.10 Å². The smallest absolute Gasteiger partial charge is 0.0783 e. The molecule has 1 heterocycles. The SMILES string of the molecule is CC(C)Cc1ccc(-c2[nH]ncc2I)cc1. The second kappa shape index (κ2) is 4.99. The minimum atomic E-state index is 0.707. The van der Waals surface area contributed by atoms with Crippen LogP contribution in [0.5, 0.6) is 0 Å². The molecule has 0 bridgehead atoms. The molecule has 1 aromatic carbocycles. The minimum Gasteiger partial charge on any atom is -0.277 e. The fourth-order valence-corrected chi connectivity index (χ4v) is 2.32. The number of aromatic amines is 1. The van der Waals surface area contributed by atoms with E-state index < -0.39 is 0 Å². The summed E-state index contributed by atoms with van der Waals surface area (Å²) in [4.78, 5) is 0. The number of rotatable bonds is 3. The third-order valence-corrected chi connectivity index (χ3v) is 3.30. The number of H-pyrrole nitrogens is 1. The van der Waals surface area contributed by atoms with E-state index in [1.807, 2.05) is 6.20 Å². The average molecular weight is 326 g/mol. The zero-order chi connectivity index (χ0) is 11.5. The van der Waals surface area contributed by atoms with Crippen molar-refractivity contribution >= 4 is 22.6 Å². The normalized spacial score (nSPS) is 11.0. The van der Waals surface area contributed by atoms with Crippen molar-refractivity contribution < 1.29 is 0 Å². The average Bonchev–Trinajstić information content (AvgIpc) is 2.65. The summed E-state index contributed by atoms with van der Waals surface area (Å²) in [6.45, 7) is 4.48. The van der Waals surface area contributed by atoms with Crippen LogP contribution in [0, 0.1) is 9.49 Å². The molecule has 0 spiro atoms. The fraction of sp³-hybridized carbons (Fsp3) is 0.308. The summed E-state index contributed by atoms with van der Waals surface area (Å²) in [5, 5.41) is 7.06. The molecule has 1 aromatic heterocycles. The number of aromatic nitrogens is 2. The summed E-state index contributed by atoms with van der Waals surface area (Å²) >= 11 is 2.29. The zero-order valence-corrected chi connectivity index (χ0v) is 11.7. The lowest BCUT2D eigenvalue weighted by molar-refractivity contribution is 0.647. The lowest BCUT2D eigenvalue weighted by Gasteiger charge is -2.05. The molecule has 0 aliphatic rings. The molecule has 84 valence electrons. The van der Waals surface area contributed by atoms with Crippen LogP contribution in [0.2, 0.25) is 0 Å². The summed E-state index contributed by atoms with van der Waals surface area (Å²) in [7, 11) is 0. The van der Waals surface area contributed by atoms with E-state index in [0.717, 1.165) is 15.7 Å². The highest BCUT2D eigenvalue weighted by Gasteiger charge is 2.05. The van der Waals surface area contributed by atoms with Gasteiger partial charge < -0.3 is 0 Å². The van der Waals surface area contributed by atoms with Crippen LogP contribution in [0.25, 0.3) is 11.3 Å². The predicted octanol–water partition coefficient (Wildman–Crippen LogP) is 3.88. The van der Waals surface area contributed by atoms with Crippen molar-refractivity contribution in [1.82, 2.24) is 10.2 Å². The van der Waals surface area contributed by atoms with Crippen LogP contribution < -0.4 is 0 Å². The second-order valence-electron chi connectivity index (χ2n) is 4.39. The Labute approximate surface area is 110 Å². The van der Waals surface area contributed by atoms with Crippen LogP contribution in [0.1, 0.15) is 19.4 Å². The molecule has 16 heavy (non-hydrogen) atoms. The van der Waals surface area contributed by atoms with Crippen molar-refractivity contribution in [3.8, 4) is 11.3 Å². The first kappa shape index (κ1) is 11.6. The molecule has 0 radical (unpaired) electrons. The summed E-state index contributed by atoms with van der Waals surface area (Å²) in [6.07, 6.45) is 2.98. The lowest BCUT2D eigenvalue weighted by Crippen LogP contribution is -1.93. The Hall–Kier alpha value is -0.840. The topological polar surface area (TPSA) is 28.7 Å². The third-order valence-electron chi connectivity index (χ3n) is 2.48. The molecule has 0 unspecified atom stereocenters. The van der Waals surface area contributed by atoms with E-state index >= 15 is 0 Å². The molecular weight excluding hydrogens is 311 g/mol. The molecule has 1 N–H and O–H groups in total. The van der Waals surface area contributed by atoms with Gasteiger partial charge in [-0.15, -0.1) is 0 Å². The molecular formula is C13H15IN2. The number of halogens is 1. The maximum absolute atomic E-state index is 4.04. The number of hydrogen-bond donors (Lipinski definition) is 1. The number of benzene rings is 1. The molecule has 2 rings (SSSR count). The molecule has 0 saturated carbocycles. The molecule has 2 aromatic rings. The summed E-state index contributed by atoms with van der Waals surface area (Å²) in [5.74, 6) is 0.707. The van der Waals surface area contributed by atoms with Gasteiger partial charge in [0.05, 0.1) is 15.5 Å². The molecule has 0 aliphatic carbocycles. The minimum absolute atomic E-state index is 0.707. The Morgan fingerprint density at radius 2 is 1.94 bits per heavy atom. The van der Waals surface area contributed by atoms with Gasteiger partial charge in [-0.05, 0) is 40.5 Å². The largest absolute Gasteiger partial charge is 0.277 e.